The van der Waals surface area contributed by atoms with Crippen LogP contribution < -0.4 is 5.73 Å². The molecule has 3 rings (SSSR count). The monoisotopic (exact) mass is 274 g/mol. The third kappa shape index (κ3) is 2.29. The van der Waals surface area contributed by atoms with Crippen molar-refractivity contribution in [3.63, 3.8) is 0 Å². The largest absolute Gasteiger partial charge is 0.507 e. The van der Waals surface area contributed by atoms with Crippen LogP contribution in [0, 0.1) is 18.8 Å². The Labute approximate surface area is 119 Å². The van der Waals surface area contributed by atoms with E-state index in [2.05, 4.69) is 0 Å². The summed E-state index contributed by atoms with van der Waals surface area (Å²) in [5, 5.41) is 10.1. The highest BCUT2D eigenvalue weighted by atomic mass is 16.3. The van der Waals surface area contributed by atoms with E-state index in [-0.39, 0.29) is 11.7 Å². The number of hydrogen-bond donors (Lipinski definition) is 2. The molecule has 1 aliphatic carbocycles. The first kappa shape index (κ1) is 13.4. The first-order valence-corrected chi connectivity index (χ1v) is 7.39. The van der Waals surface area contributed by atoms with Crippen LogP contribution in [0.5, 0.6) is 5.75 Å². The van der Waals surface area contributed by atoms with Crippen LogP contribution in [-0.2, 0) is 0 Å². The number of amides is 1. The van der Waals surface area contributed by atoms with Crippen molar-refractivity contribution in [1.29, 1.82) is 0 Å². The molecule has 0 radical (unpaired) electrons. The lowest BCUT2D eigenvalue weighted by Crippen LogP contribution is -2.32. The summed E-state index contributed by atoms with van der Waals surface area (Å²) < 4.78 is 0. The highest BCUT2D eigenvalue weighted by Gasteiger charge is 2.39. The van der Waals surface area contributed by atoms with Gasteiger partial charge in [-0.25, -0.2) is 0 Å². The van der Waals surface area contributed by atoms with Crippen molar-refractivity contribution in [3.05, 3.63) is 29.3 Å². The number of hydrogen-bond acceptors (Lipinski definition) is 3. The molecule has 2 fully saturated rings. The van der Waals surface area contributed by atoms with Crippen LogP contribution in [0.15, 0.2) is 18.2 Å². The molecule has 1 amide bonds. The Morgan fingerprint density at radius 1 is 1.30 bits per heavy atom. The summed E-state index contributed by atoms with van der Waals surface area (Å²) in [5.41, 5.74) is 7.19. The number of phenols is 1. The van der Waals surface area contributed by atoms with Gasteiger partial charge in [-0.05, 0) is 49.7 Å². The van der Waals surface area contributed by atoms with Gasteiger partial charge in [-0.3, -0.25) is 4.79 Å². The van der Waals surface area contributed by atoms with E-state index in [4.69, 9.17) is 5.73 Å². The van der Waals surface area contributed by atoms with Gasteiger partial charge >= 0.3 is 0 Å². The third-order valence-corrected chi connectivity index (χ3v) is 4.85. The Kier molecular flexibility index (Phi) is 3.42. The molecule has 0 aromatic heterocycles. The van der Waals surface area contributed by atoms with E-state index in [9.17, 15) is 9.90 Å². The second-order valence-electron chi connectivity index (χ2n) is 6.27. The average Bonchev–Trinajstić information content (AvgIpc) is 2.84. The zero-order chi connectivity index (χ0) is 14.3. The zero-order valence-corrected chi connectivity index (χ0v) is 11.9. The summed E-state index contributed by atoms with van der Waals surface area (Å²) in [5.74, 6) is 1.19. The second kappa shape index (κ2) is 5.09. The maximum absolute atomic E-state index is 12.6. The number of fused-ring (bicyclic) bond motifs is 1. The number of nitrogens with zero attached hydrogens (tertiary/aromatic N) is 1. The highest BCUT2D eigenvalue weighted by Crippen LogP contribution is 2.37. The number of rotatable bonds is 1. The molecule has 3 atom stereocenters. The molecule has 1 saturated heterocycles. The van der Waals surface area contributed by atoms with Gasteiger partial charge in [0.05, 0.1) is 5.56 Å². The summed E-state index contributed by atoms with van der Waals surface area (Å²) in [4.78, 5) is 14.5. The van der Waals surface area contributed by atoms with Gasteiger partial charge in [0, 0.05) is 19.1 Å². The van der Waals surface area contributed by atoms with E-state index in [1.165, 1.54) is 0 Å². The van der Waals surface area contributed by atoms with Crippen molar-refractivity contribution < 1.29 is 9.90 Å². The van der Waals surface area contributed by atoms with E-state index < -0.39 is 0 Å². The number of para-hydroxylation sites is 1. The van der Waals surface area contributed by atoms with Gasteiger partial charge in [0.15, 0.2) is 0 Å². The number of aryl methyl sites for hydroxylation is 1. The molecule has 1 saturated carbocycles. The Morgan fingerprint density at radius 3 is 2.85 bits per heavy atom. The summed E-state index contributed by atoms with van der Waals surface area (Å²) in [6.45, 7) is 3.41. The van der Waals surface area contributed by atoms with Crippen LogP contribution in [0.25, 0.3) is 0 Å². The van der Waals surface area contributed by atoms with Crippen molar-refractivity contribution in [2.45, 2.75) is 32.2 Å². The number of phenolic OH excluding ortho intramolecular Hbond substituents is 1. The summed E-state index contributed by atoms with van der Waals surface area (Å²) in [6, 6.07) is 5.63. The molecule has 1 heterocycles. The smallest absolute Gasteiger partial charge is 0.257 e. The molecule has 108 valence electrons. The molecular weight excluding hydrogens is 252 g/mol. The Morgan fingerprint density at radius 2 is 2.05 bits per heavy atom. The number of nitrogens with two attached hydrogens (primary N) is 1. The fourth-order valence-electron chi connectivity index (χ4n) is 3.64. The van der Waals surface area contributed by atoms with Crippen molar-refractivity contribution in [2.24, 2.45) is 17.6 Å². The number of carbonyl (C=O) groups excluding carboxylic acids is 1. The van der Waals surface area contributed by atoms with Crippen LogP contribution in [0.1, 0.15) is 35.2 Å². The summed E-state index contributed by atoms with van der Waals surface area (Å²) >= 11 is 0. The predicted molar refractivity (Wildman–Crippen MR) is 77.6 cm³/mol. The Balaban J connectivity index is 1.77. The number of benzene rings is 1. The van der Waals surface area contributed by atoms with E-state index in [0.717, 1.165) is 37.9 Å². The second-order valence-corrected chi connectivity index (χ2v) is 6.27. The van der Waals surface area contributed by atoms with E-state index in [1.807, 2.05) is 24.0 Å². The molecule has 20 heavy (non-hydrogen) atoms. The molecule has 4 nitrogen and oxygen atoms in total. The Bertz CT molecular complexity index is 529. The number of carbonyl (C=O) groups is 1. The maximum Gasteiger partial charge on any atom is 0.257 e. The standard InChI is InChI=1S/C16H22N2O2/c1-10-3-2-4-14(15(10)19)16(20)18-8-11-5-6-13(17)7-12(11)9-18/h2-4,11-13,19H,5-9,17H2,1H3/t11-,12+,13?/m1/s1. The van der Waals surface area contributed by atoms with Gasteiger partial charge < -0.3 is 15.7 Å². The normalized spacial score (nSPS) is 29.3. The van der Waals surface area contributed by atoms with Crippen molar-refractivity contribution in [2.75, 3.05) is 13.1 Å². The lowest BCUT2D eigenvalue weighted by molar-refractivity contribution is 0.0780. The van der Waals surface area contributed by atoms with Gasteiger partial charge in [-0.2, -0.15) is 0 Å². The molecule has 3 N–H and O–H groups in total. The molecule has 0 bridgehead atoms. The number of aromatic hydroxyl groups is 1. The minimum atomic E-state index is -0.0471. The quantitative estimate of drug-likeness (QED) is 0.822. The van der Waals surface area contributed by atoms with Crippen molar-refractivity contribution in [3.8, 4) is 5.75 Å². The lowest BCUT2D eigenvalue weighted by Gasteiger charge is -2.27. The van der Waals surface area contributed by atoms with E-state index >= 15 is 0 Å². The van der Waals surface area contributed by atoms with E-state index in [0.29, 0.717) is 23.4 Å². The van der Waals surface area contributed by atoms with Crippen LogP contribution in [0.3, 0.4) is 0 Å². The van der Waals surface area contributed by atoms with Crippen molar-refractivity contribution >= 4 is 5.91 Å². The van der Waals surface area contributed by atoms with Crippen LogP contribution in [0.4, 0.5) is 0 Å². The summed E-state index contributed by atoms with van der Waals surface area (Å²) in [6.07, 6.45) is 3.21. The summed E-state index contributed by atoms with van der Waals surface area (Å²) in [7, 11) is 0. The fraction of sp³-hybridized carbons (Fsp3) is 0.562. The molecular formula is C16H22N2O2. The van der Waals surface area contributed by atoms with Gasteiger partial charge in [0.25, 0.3) is 5.91 Å². The number of likely N-dealkylation sites (tertiary alicyclic amines) is 1. The minimum Gasteiger partial charge on any atom is -0.507 e. The van der Waals surface area contributed by atoms with Crippen LogP contribution >= 0.6 is 0 Å². The molecule has 4 heteroatoms. The lowest BCUT2D eigenvalue weighted by atomic mass is 9.79. The van der Waals surface area contributed by atoms with Crippen molar-refractivity contribution in [1.82, 2.24) is 4.90 Å². The molecule has 1 unspecified atom stereocenters. The molecule has 1 aliphatic heterocycles. The predicted octanol–water partition coefficient (Wildman–Crippen LogP) is 1.90. The van der Waals surface area contributed by atoms with E-state index in [1.54, 1.807) is 6.07 Å². The third-order valence-electron chi connectivity index (χ3n) is 4.85. The Hall–Kier alpha value is -1.55. The van der Waals surface area contributed by atoms with Crippen LogP contribution in [0.2, 0.25) is 0 Å². The SMILES string of the molecule is Cc1cccc(C(=O)N2C[C@H]3CCC(N)C[C@H]3C2)c1O. The minimum absolute atomic E-state index is 0.0471. The average molecular weight is 274 g/mol. The molecule has 1 aromatic rings. The molecule has 2 aliphatic rings. The van der Waals surface area contributed by atoms with Crippen LogP contribution in [-0.4, -0.2) is 35.0 Å². The maximum atomic E-state index is 12.6. The molecule has 0 spiro atoms. The van der Waals surface area contributed by atoms with Gasteiger partial charge in [0.2, 0.25) is 0 Å². The molecule has 1 aromatic carbocycles. The fourth-order valence-corrected chi connectivity index (χ4v) is 3.64. The first-order chi connectivity index (χ1) is 9.56. The zero-order valence-electron chi connectivity index (χ0n) is 11.9. The van der Waals surface area contributed by atoms with Gasteiger partial charge in [0.1, 0.15) is 5.75 Å². The highest BCUT2D eigenvalue weighted by molar-refractivity contribution is 5.97. The van der Waals surface area contributed by atoms with Gasteiger partial charge in [-0.1, -0.05) is 12.1 Å². The topological polar surface area (TPSA) is 66.6 Å². The van der Waals surface area contributed by atoms with Gasteiger partial charge in [-0.15, -0.1) is 0 Å². The first-order valence-electron chi connectivity index (χ1n) is 7.39.